The summed E-state index contributed by atoms with van der Waals surface area (Å²) in [4.78, 5) is 51.7. The summed E-state index contributed by atoms with van der Waals surface area (Å²) in [6.45, 7) is 1.29. The number of aryl methyl sites for hydroxylation is 1. The van der Waals surface area contributed by atoms with Crippen molar-refractivity contribution < 1.29 is 23.2 Å². The van der Waals surface area contributed by atoms with Gasteiger partial charge in [0.05, 0.1) is 30.0 Å². The first-order chi connectivity index (χ1) is 15.7. The molecule has 1 saturated heterocycles. The molecule has 2 aromatic heterocycles. The molecule has 11 heteroatoms. The Morgan fingerprint density at radius 3 is 2.52 bits per heavy atom. The second-order valence-corrected chi connectivity index (χ2v) is 8.43. The number of Topliss-reactive ketones (excluding diaryl/α,β-unsaturated/α-hetero) is 1. The molecule has 170 valence electrons. The number of benzene rings is 1. The fourth-order valence-corrected chi connectivity index (χ4v) is 4.44. The molecule has 33 heavy (non-hydrogen) atoms. The third kappa shape index (κ3) is 3.53. The Bertz CT molecular complexity index is 1280. The average Bonchev–Trinajstić information content (AvgIpc) is 3.24. The van der Waals surface area contributed by atoms with E-state index in [9.17, 15) is 23.2 Å². The van der Waals surface area contributed by atoms with Crippen LogP contribution < -0.4 is 5.32 Å². The van der Waals surface area contributed by atoms with E-state index in [0.717, 1.165) is 15.9 Å². The number of hydrogen-bond acceptors (Lipinski definition) is 6. The number of nitrogens with one attached hydrogen (secondary N) is 1. The first kappa shape index (κ1) is 21.1. The molecule has 3 aromatic rings. The number of carbonyl (C=O) groups excluding carboxylic acids is 3. The van der Waals surface area contributed by atoms with Gasteiger partial charge in [0.15, 0.2) is 5.82 Å². The van der Waals surface area contributed by atoms with Crippen molar-refractivity contribution in [1.82, 2.24) is 29.7 Å². The van der Waals surface area contributed by atoms with E-state index >= 15 is 0 Å². The Labute approximate surface area is 186 Å². The summed E-state index contributed by atoms with van der Waals surface area (Å²) in [6, 6.07) is 6.77. The summed E-state index contributed by atoms with van der Waals surface area (Å²) < 4.78 is 28.9. The van der Waals surface area contributed by atoms with E-state index in [4.69, 9.17) is 0 Å². The summed E-state index contributed by atoms with van der Waals surface area (Å²) >= 11 is 0. The van der Waals surface area contributed by atoms with Gasteiger partial charge in [-0.15, -0.1) is 0 Å². The summed E-state index contributed by atoms with van der Waals surface area (Å²) in [5.41, 5.74) is 0.253. The zero-order valence-electron chi connectivity index (χ0n) is 17.7. The molecule has 1 saturated carbocycles. The molecule has 5 rings (SSSR count). The molecule has 0 radical (unpaired) electrons. The van der Waals surface area contributed by atoms with E-state index < -0.39 is 48.6 Å². The molecule has 3 heterocycles. The van der Waals surface area contributed by atoms with Gasteiger partial charge in [0, 0.05) is 12.8 Å². The largest absolute Gasteiger partial charge is 0.325 e. The number of amides is 3. The lowest BCUT2D eigenvalue weighted by atomic mass is 9.80. The number of carbonyl (C=O) groups is 3. The summed E-state index contributed by atoms with van der Waals surface area (Å²) in [5.74, 6) is -2.91. The topological polar surface area (TPSA) is 110 Å². The molecule has 1 aliphatic carbocycles. The molecule has 2 fully saturated rings. The molecule has 2 aliphatic rings. The normalized spacial score (nSPS) is 19.3. The van der Waals surface area contributed by atoms with Crippen LogP contribution >= 0.6 is 0 Å². The number of para-hydroxylation sites is 2. The molecule has 9 nitrogen and oxygen atoms in total. The minimum absolute atomic E-state index is 0.0162. The van der Waals surface area contributed by atoms with Gasteiger partial charge in [-0.05, 0) is 31.9 Å². The third-order valence-electron chi connectivity index (χ3n) is 6.26. The maximum Gasteiger partial charge on any atom is 0.325 e. The van der Waals surface area contributed by atoms with Gasteiger partial charge >= 0.3 is 6.03 Å². The van der Waals surface area contributed by atoms with Crippen molar-refractivity contribution in [3.63, 3.8) is 0 Å². The Balaban J connectivity index is 1.33. The van der Waals surface area contributed by atoms with Gasteiger partial charge in [-0.2, -0.15) is 0 Å². The van der Waals surface area contributed by atoms with Gasteiger partial charge < -0.3 is 5.32 Å². The van der Waals surface area contributed by atoms with Crippen LogP contribution in [-0.2, 0) is 4.79 Å². The van der Waals surface area contributed by atoms with Crippen molar-refractivity contribution in [2.45, 2.75) is 44.1 Å². The van der Waals surface area contributed by atoms with Gasteiger partial charge in [-0.25, -0.2) is 28.5 Å². The Morgan fingerprint density at radius 2 is 1.82 bits per heavy atom. The fourth-order valence-electron chi connectivity index (χ4n) is 4.44. The lowest BCUT2D eigenvalue weighted by molar-refractivity contribution is -0.135. The van der Waals surface area contributed by atoms with Gasteiger partial charge in [0.25, 0.3) is 5.91 Å². The standard InChI is InChI=1S/C22H20F2N6O3/c1-13-27-14-4-2-3-5-16(14)30(13)18-11-25-15(10-26-18)17(31)12-29-19(32)21(28-20(29)33)6-8-22(23,24)9-7-21/h2-5,10-11H,6-9,12H2,1H3,(H,28,33). The van der Waals surface area contributed by atoms with Crippen LogP contribution in [0.2, 0.25) is 0 Å². The number of aromatic nitrogens is 4. The average molecular weight is 454 g/mol. The first-order valence-electron chi connectivity index (χ1n) is 10.5. The van der Waals surface area contributed by atoms with Crippen LogP contribution in [-0.4, -0.2) is 60.1 Å². The number of nitrogens with zero attached hydrogens (tertiary/aromatic N) is 5. The van der Waals surface area contributed by atoms with Crippen LogP contribution in [0.5, 0.6) is 0 Å². The Morgan fingerprint density at radius 1 is 1.09 bits per heavy atom. The second kappa shape index (κ2) is 7.39. The van der Waals surface area contributed by atoms with E-state index in [-0.39, 0.29) is 18.5 Å². The van der Waals surface area contributed by atoms with Gasteiger partial charge in [-0.3, -0.25) is 19.1 Å². The maximum absolute atomic E-state index is 13.5. The van der Waals surface area contributed by atoms with Crippen LogP contribution in [0, 0.1) is 6.92 Å². The van der Waals surface area contributed by atoms with Gasteiger partial charge in [-0.1, -0.05) is 12.1 Å². The van der Waals surface area contributed by atoms with Crippen LogP contribution in [0.3, 0.4) is 0 Å². The predicted octanol–water partition coefficient (Wildman–Crippen LogP) is 2.81. The smallest absolute Gasteiger partial charge is 0.323 e. The maximum atomic E-state index is 13.5. The van der Waals surface area contributed by atoms with Crippen molar-refractivity contribution in [2.24, 2.45) is 0 Å². The van der Waals surface area contributed by atoms with Crippen LogP contribution in [0.15, 0.2) is 36.7 Å². The van der Waals surface area contributed by atoms with E-state index in [1.807, 2.05) is 31.2 Å². The van der Waals surface area contributed by atoms with Crippen LogP contribution in [0.4, 0.5) is 13.6 Å². The Hall–Kier alpha value is -3.76. The molecule has 0 bridgehead atoms. The van der Waals surface area contributed by atoms with E-state index in [1.165, 1.54) is 12.4 Å². The van der Waals surface area contributed by atoms with Crippen molar-refractivity contribution in [2.75, 3.05) is 6.54 Å². The minimum atomic E-state index is -2.85. The highest BCUT2D eigenvalue weighted by atomic mass is 19.3. The van der Waals surface area contributed by atoms with Gasteiger partial charge in [0.1, 0.15) is 17.1 Å². The third-order valence-corrected chi connectivity index (χ3v) is 6.26. The molecule has 0 atom stereocenters. The molecule has 1 spiro atoms. The summed E-state index contributed by atoms with van der Waals surface area (Å²) in [6.07, 6.45) is 1.39. The number of imidazole rings is 1. The highest BCUT2D eigenvalue weighted by Crippen LogP contribution is 2.41. The predicted molar refractivity (Wildman–Crippen MR) is 112 cm³/mol. The number of alkyl halides is 2. The monoisotopic (exact) mass is 454 g/mol. The van der Waals surface area contributed by atoms with E-state index in [1.54, 1.807) is 4.57 Å². The van der Waals surface area contributed by atoms with Crippen molar-refractivity contribution in [3.8, 4) is 5.82 Å². The number of halogens is 2. The molecule has 3 amide bonds. The molecular formula is C22H20F2N6O3. The highest BCUT2D eigenvalue weighted by Gasteiger charge is 2.55. The lowest BCUT2D eigenvalue weighted by Crippen LogP contribution is -2.51. The van der Waals surface area contributed by atoms with E-state index in [0.29, 0.717) is 11.6 Å². The molecular weight excluding hydrogens is 434 g/mol. The summed E-state index contributed by atoms with van der Waals surface area (Å²) in [7, 11) is 0. The number of hydrogen-bond donors (Lipinski definition) is 1. The molecule has 0 unspecified atom stereocenters. The van der Waals surface area contributed by atoms with Crippen molar-refractivity contribution >= 4 is 28.8 Å². The second-order valence-electron chi connectivity index (χ2n) is 8.43. The number of urea groups is 1. The molecule has 1 aromatic carbocycles. The van der Waals surface area contributed by atoms with Crippen molar-refractivity contribution in [3.05, 3.63) is 48.2 Å². The minimum Gasteiger partial charge on any atom is -0.323 e. The fraction of sp³-hybridized carbons (Fsp3) is 0.364. The van der Waals surface area contributed by atoms with Crippen molar-refractivity contribution in [1.29, 1.82) is 0 Å². The molecule has 1 N–H and O–H groups in total. The first-order valence-corrected chi connectivity index (χ1v) is 10.5. The Kier molecular flexibility index (Phi) is 4.73. The zero-order valence-corrected chi connectivity index (χ0v) is 17.7. The number of fused-ring (bicyclic) bond motifs is 1. The lowest BCUT2D eigenvalue weighted by Gasteiger charge is -2.34. The SMILES string of the molecule is Cc1nc2ccccc2n1-c1cnc(C(=O)CN2C(=O)NC3(CCC(F)(F)CC3)C2=O)cn1. The number of rotatable bonds is 4. The highest BCUT2D eigenvalue weighted by molar-refractivity contribution is 6.10. The van der Waals surface area contributed by atoms with Crippen LogP contribution in [0.25, 0.3) is 16.9 Å². The number of imide groups is 1. The zero-order chi connectivity index (χ0) is 23.4. The quantitative estimate of drug-likeness (QED) is 0.480. The molecule has 1 aliphatic heterocycles. The van der Waals surface area contributed by atoms with Crippen LogP contribution in [0.1, 0.15) is 42.0 Å². The van der Waals surface area contributed by atoms with E-state index in [2.05, 4.69) is 20.3 Å². The number of ketones is 1. The van der Waals surface area contributed by atoms with Gasteiger partial charge in [0.2, 0.25) is 11.7 Å². The summed E-state index contributed by atoms with van der Waals surface area (Å²) in [5, 5.41) is 2.52.